The lowest BCUT2D eigenvalue weighted by molar-refractivity contribution is -0.138. The lowest BCUT2D eigenvalue weighted by atomic mass is 9.74. The molecule has 0 aromatic heterocycles. The van der Waals surface area contributed by atoms with Crippen LogP contribution in [0.5, 0.6) is 0 Å². The summed E-state index contributed by atoms with van der Waals surface area (Å²) in [7, 11) is 2.12. The summed E-state index contributed by atoms with van der Waals surface area (Å²) in [5, 5.41) is 0. The quantitative estimate of drug-likeness (QED) is 0.559. The zero-order valence-corrected chi connectivity index (χ0v) is 14.8. The molecule has 0 radical (unpaired) electrons. The number of nitrogens with zero attached hydrogens (tertiary/aromatic N) is 1. The zero-order valence-electron chi connectivity index (χ0n) is 14.8. The Kier molecular flexibility index (Phi) is 6.06. The van der Waals surface area contributed by atoms with Gasteiger partial charge in [-0.25, -0.2) is 4.79 Å². The standard InChI is InChI=1S/C18H31NO2/c1-8-19(7)15-12-18(5,6)11-10-14(15)16(13(3)4)17(20)21-9-2/h8-12H2,1-7H3. The second-order valence-corrected chi connectivity index (χ2v) is 6.88. The SMILES string of the molecule is CCOC(=O)C(=C(C)C)C1=C(N(C)CC)CC(C)(C)CC1. The molecule has 0 N–H and O–H groups in total. The van der Waals surface area contributed by atoms with Crippen LogP contribution in [-0.2, 0) is 9.53 Å². The second-order valence-electron chi connectivity index (χ2n) is 6.88. The summed E-state index contributed by atoms with van der Waals surface area (Å²) in [6.07, 6.45) is 3.08. The highest BCUT2D eigenvalue weighted by Crippen LogP contribution is 2.42. The summed E-state index contributed by atoms with van der Waals surface area (Å²) in [5.74, 6) is -0.172. The molecule has 0 unspecified atom stereocenters. The number of carbonyl (C=O) groups excluding carboxylic acids is 1. The third kappa shape index (κ3) is 4.36. The maximum absolute atomic E-state index is 12.4. The largest absolute Gasteiger partial charge is 0.462 e. The fraction of sp³-hybridized carbons (Fsp3) is 0.722. The first-order valence-electron chi connectivity index (χ1n) is 8.01. The molecule has 0 amide bonds. The third-order valence-electron chi connectivity index (χ3n) is 4.26. The third-order valence-corrected chi connectivity index (χ3v) is 4.26. The van der Waals surface area contributed by atoms with Gasteiger partial charge in [-0.05, 0) is 57.9 Å². The summed E-state index contributed by atoms with van der Waals surface area (Å²) in [6.45, 7) is 14.0. The summed E-state index contributed by atoms with van der Waals surface area (Å²) in [4.78, 5) is 14.6. The number of esters is 1. The van der Waals surface area contributed by atoms with Gasteiger partial charge in [0.15, 0.2) is 0 Å². The predicted octanol–water partition coefficient (Wildman–Crippen LogP) is 4.30. The maximum Gasteiger partial charge on any atom is 0.338 e. The minimum atomic E-state index is -0.172. The van der Waals surface area contributed by atoms with Crippen molar-refractivity contribution < 1.29 is 9.53 Å². The highest BCUT2D eigenvalue weighted by atomic mass is 16.5. The minimum absolute atomic E-state index is 0.172. The molecule has 0 atom stereocenters. The molecule has 0 saturated carbocycles. The van der Waals surface area contributed by atoms with Crippen LogP contribution in [0.3, 0.4) is 0 Å². The molecular formula is C18H31NO2. The van der Waals surface area contributed by atoms with Gasteiger partial charge >= 0.3 is 5.97 Å². The Hall–Kier alpha value is -1.25. The van der Waals surface area contributed by atoms with Crippen molar-refractivity contribution in [1.29, 1.82) is 0 Å². The van der Waals surface area contributed by atoms with Gasteiger partial charge in [-0.3, -0.25) is 0 Å². The molecule has 3 nitrogen and oxygen atoms in total. The Balaban J connectivity index is 3.34. The molecule has 1 aliphatic carbocycles. The highest BCUT2D eigenvalue weighted by Gasteiger charge is 2.32. The van der Waals surface area contributed by atoms with Gasteiger partial charge < -0.3 is 9.64 Å². The number of carbonyl (C=O) groups is 1. The van der Waals surface area contributed by atoms with Crippen LogP contribution in [-0.4, -0.2) is 31.1 Å². The summed E-state index contributed by atoms with van der Waals surface area (Å²) >= 11 is 0. The van der Waals surface area contributed by atoms with Crippen molar-refractivity contribution in [3.63, 3.8) is 0 Å². The van der Waals surface area contributed by atoms with E-state index in [4.69, 9.17) is 4.74 Å². The van der Waals surface area contributed by atoms with Crippen molar-refractivity contribution in [3.8, 4) is 0 Å². The topological polar surface area (TPSA) is 29.5 Å². The van der Waals surface area contributed by atoms with Gasteiger partial charge in [-0.15, -0.1) is 0 Å². The van der Waals surface area contributed by atoms with E-state index in [1.807, 2.05) is 20.8 Å². The first kappa shape index (κ1) is 17.8. The first-order valence-corrected chi connectivity index (χ1v) is 8.01. The smallest absolute Gasteiger partial charge is 0.338 e. The Morgan fingerprint density at radius 1 is 1.29 bits per heavy atom. The normalized spacial score (nSPS) is 17.5. The number of hydrogen-bond acceptors (Lipinski definition) is 3. The van der Waals surface area contributed by atoms with Crippen LogP contribution in [0, 0.1) is 5.41 Å². The molecule has 1 rings (SSSR count). The van der Waals surface area contributed by atoms with Crippen LogP contribution < -0.4 is 0 Å². The van der Waals surface area contributed by atoms with E-state index in [1.54, 1.807) is 0 Å². The van der Waals surface area contributed by atoms with Crippen molar-refractivity contribution in [2.24, 2.45) is 5.41 Å². The summed E-state index contributed by atoms with van der Waals surface area (Å²) in [6, 6.07) is 0. The Labute approximate surface area is 130 Å². The van der Waals surface area contributed by atoms with Gasteiger partial charge in [0, 0.05) is 19.3 Å². The first-order chi connectivity index (χ1) is 9.73. The predicted molar refractivity (Wildman–Crippen MR) is 88.0 cm³/mol. The van der Waals surface area contributed by atoms with Crippen LogP contribution >= 0.6 is 0 Å². The lowest BCUT2D eigenvalue weighted by Crippen LogP contribution is -2.30. The van der Waals surface area contributed by atoms with E-state index in [0.717, 1.165) is 37.0 Å². The van der Waals surface area contributed by atoms with E-state index in [0.29, 0.717) is 12.0 Å². The molecular weight excluding hydrogens is 262 g/mol. The number of allylic oxidation sites excluding steroid dienone is 2. The molecule has 0 saturated heterocycles. The molecule has 0 heterocycles. The average Bonchev–Trinajstić information content (AvgIpc) is 2.39. The summed E-state index contributed by atoms with van der Waals surface area (Å²) < 4.78 is 5.28. The van der Waals surface area contributed by atoms with E-state index in [9.17, 15) is 4.79 Å². The van der Waals surface area contributed by atoms with E-state index in [2.05, 4.69) is 32.7 Å². The van der Waals surface area contributed by atoms with Crippen molar-refractivity contribution in [2.75, 3.05) is 20.2 Å². The molecule has 120 valence electrons. The number of hydrogen-bond donors (Lipinski definition) is 0. The molecule has 0 aliphatic heterocycles. The molecule has 3 heteroatoms. The van der Waals surface area contributed by atoms with Crippen molar-refractivity contribution in [3.05, 3.63) is 22.4 Å². The molecule has 0 bridgehead atoms. The Morgan fingerprint density at radius 3 is 2.38 bits per heavy atom. The fourth-order valence-electron chi connectivity index (χ4n) is 2.91. The van der Waals surface area contributed by atoms with Crippen molar-refractivity contribution in [2.45, 2.75) is 60.8 Å². The van der Waals surface area contributed by atoms with E-state index < -0.39 is 0 Å². The number of ether oxygens (including phenoxy) is 1. The van der Waals surface area contributed by atoms with Gasteiger partial charge in [0.2, 0.25) is 0 Å². The van der Waals surface area contributed by atoms with Crippen LogP contribution in [0.15, 0.2) is 22.4 Å². The Bertz CT molecular complexity index is 454. The summed E-state index contributed by atoms with van der Waals surface area (Å²) in [5.41, 5.74) is 4.63. The van der Waals surface area contributed by atoms with E-state index >= 15 is 0 Å². The average molecular weight is 293 g/mol. The van der Waals surface area contributed by atoms with E-state index in [-0.39, 0.29) is 5.97 Å². The van der Waals surface area contributed by atoms with Crippen molar-refractivity contribution >= 4 is 5.97 Å². The van der Waals surface area contributed by atoms with Gasteiger partial charge in [0.1, 0.15) is 0 Å². The lowest BCUT2D eigenvalue weighted by Gasteiger charge is -2.38. The molecule has 0 fully saturated rings. The molecule has 21 heavy (non-hydrogen) atoms. The molecule has 0 aromatic rings. The number of rotatable bonds is 5. The van der Waals surface area contributed by atoms with Crippen LogP contribution in [0.25, 0.3) is 0 Å². The Morgan fingerprint density at radius 2 is 1.90 bits per heavy atom. The highest BCUT2D eigenvalue weighted by molar-refractivity contribution is 5.94. The molecule has 1 aliphatic rings. The maximum atomic E-state index is 12.4. The van der Waals surface area contributed by atoms with E-state index in [1.165, 1.54) is 11.3 Å². The zero-order chi connectivity index (χ0) is 16.2. The van der Waals surface area contributed by atoms with Crippen LogP contribution in [0.1, 0.15) is 60.8 Å². The van der Waals surface area contributed by atoms with Crippen LogP contribution in [0.4, 0.5) is 0 Å². The van der Waals surface area contributed by atoms with Crippen LogP contribution in [0.2, 0.25) is 0 Å². The van der Waals surface area contributed by atoms with Gasteiger partial charge in [0.05, 0.1) is 12.2 Å². The fourth-order valence-corrected chi connectivity index (χ4v) is 2.91. The molecule has 0 aromatic carbocycles. The van der Waals surface area contributed by atoms with Gasteiger partial charge in [-0.1, -0.05) is 19.4 Å². The van der Waals surface area contributed by atoms with Crippen molar-refractivity contribution in [1.82, 2.24) is 4.90 Å². The second kappa shape index (κ2) is 7.15. The monoisotopic (exact) mass is 293 g/mol. The van der Waals surface area contributed by atoms with Gasteiger partial charge in [0.25, 0.3) is 0 Å². The molecule has 0 spiro atoms. The minimum Gasteiger partial charge on any atom is -0.462 e. The van der Waals surface area contributed by atoms with Gasteiger partial charge in [-0.2, -0.15) is 0 Å².